The minimum atomic E-state index is -2.10. The molecule has 0 spiro atoms. The Morgan fingerprint density at radius 2 is 1.22 bits per heavy atom. The number of benzene rings is 1. The summed E-state index contributed by atoms with van der Waals surface area (Å²) in [4.78, 5) is 106. The number of nitrogens with two attached hydrogens (primary N) is 1. The molecule has 4 rings (SSSR count). The molecule has 0 radical (unpaired) electrons. The fourth-order valence-electron chi connectivity index (χ4n) is 11.7. The molecular weight excluding hydrogens is 1270 g/mol. The van der Waals surface area contributed by atoms with Gasteiger partial charge in [0.2, 0.25) is 35.4 Å². The third-order valence-corrected chi connectivity index (χ3v) is 17.3. The number of aliphatic hydroxyl groups is 7. The number of aliphatic hydroxyl groups excluding tert-OH is 7. The standard InChI is InChI=1S/C66H112N8O23/c1-7-41(2)36-42(3)14-12-10-8-9-11-13-15-54(82)69-48-38-52(80)64(97-35-34-96-33-32-95-31-30-94-29-28-93-27-26-92-25-24-91-23-22-90-6)72-63(87)58-50(78)20-21-73(58)66(89)57(51(79)39-53(67)81)68-43(4)55(60(84)59(83)45-16-18-46(76)19-17-45)70-62(86)49-37-47(77)40-74(49)65(88)56(44(5)75)71-61(48)85/h16-19,41-42,44,47-52,55-60,64,75-80,83-84H,7-15,20-40H2,1-6H3,(H2,67,81)(H,69,82)(H,70,86)(H,71,85)(H,72,87). The Balaban J connectivity index is 1.64. The third kappa shape index (κ3) is 30.0. The molecule has 31 nitrogen and oxygen atoms in total. The average Bonchev–Trinajstić information content (AvgIpc) is 1.73. The van der Waals surface area contributed by atoms with E-state index in [2.05, 4.69) is 47.0 Å². The molecule has 14 N–H and O–H groups in total. The van der Waals surface area contributed by atoms with E-state index in [1.807, 2.05) is 0 Å². The lowest BCUT2D eigenvalue weighted by atomic mass is 9.91. The molecule has 1 aromatic rings. The Morgan fingerprint density at radius 1 is 0.670 bits per heavy atom. The van der Waals surface area contributed by atoms with Crippen LogP contribution >= 0.6 is 0 Å². The van der Waals surface area contributed by atoms with Crippen LogP contribution in [0.5, 0.6) is 5.75 Å². The first-order valence-electron chi connectivity index (χ1n) is 34.1. The lowest BCUT2D eigenvalue weighted by Gasteiger charge is -2.33. The Labute approximate surface area is 569 Å². The maximum absolute atomic E-state index is 14.9. The van der Waals surface area contributed by atoms with Crippen LogP contribution in [0.15, 0.2) is 29.3 Å². The second kappa shape index (κ2) is 45.9. The van der Waals surface area contributed by atoms with Crippen molar-refractivity contribution in [2.24, 2.45) is 22.6 Å². The first kappa shape index (κ1) is 83.8. The number of amides is 7. The summed E-state index contributed by atoms with van der Waals surface area (Å²) in [7, 11) is 1.60. The van der Waals surface area contributed by atoms with Crippen molar-refractivity contribution < 1.29 is 112 Å². The largest absolute Gasteiger partial charge is 0.508 e. The number of unbranched alkanes of at least 4 members (excludes halogenated alkanes) is 5. The van der Waals surface area contributed by atoms with Crippen molar-refractivity contribution in [2.45, 2.75) is 210 Å². The first-order valence-corrected chi connectivity index (χ1v) is 34.1. The highest BCUT2D eigenvalue weighted by Crippen LogP contribution is 2.28. The van der Waals surface area contributed by atoms with Crippen molar-refractivity contribution in [2.75, 3.05) is 113 Å². The summed E-state index contributed by atoms with van der Waals surface area (Å²) in [6, 6.07) is -6.14. The number of carbonyl (C=O) groups excluding carboxylic acids is 7. The first-order chi connectivity index (χ1) is 46.4. The van der Waals surface area contributed by atoms with Gasteiger partial charge in [0.15, 0.2) is 12.3 Å². The van der Waals surface area contributed by atoms with Crippen molar-refractivity contribution in [1.29, 1.82) is 0 Å². The van der Waals surface area contributed by atoms with Crippen LogP contribution < -0.4 is 27.0 Å². The molecule has 1 aromatic carbocycles. The molecule has 16 unspecified atom stereocenters. The van der Waals surface area contributed by atoms with Crippen LogP contribution in [0, 0.1) is 11.8 Å². The van der Waals surface area contributed by atoms with Gasteiger partial charge in [0.1, 0.15) is 48.2 Å². The topological polar surface area (TPSA) is 448 Å². The van der Waals surface area contributed by atoms with Crippen LogP contribution in [0.25, 0.3) is 0 Å². The van der Waals surface area contributed by atoms with Crippen LogP contribution in [0.2, 0.25) is 0 Å². The van der Waals surface area contributed by atoms with E-state index >= 15 is 0 Å². The molecule has 31 heteroatoms. The monoisotopic (exact) mass is 1380 g/mol. The molecule has 0 bridgehead atoms. The highest BCUT2D eigenvalue weighted by molar-refractivity contribution is 5.99. The van der Waals surface area contributed by atoms with Crippen LogP contribution in [-0.4, -0.2) is 290 Å². The highest BCUT2D eigenvalue weighted by atomic mass is 16.6. The molecule has 7 amide bonds. The summed E-state index contributed by atoms with van der Waals surface area (Å²) in [6.45, 7) is 11.6. The number of hydrogen-bond donors (Lipinski definition) is 13. The number of ether oxygens (including phenoxy) is 8. The van der Waals surface area contributed by atoms with Crippen molar-refractivity contribution in [3.05, 3.63) is 29.8 Å². The lowest BCUT2D eigenvalue weighted by Crippen LogP contribution is -2.61. The molecule has 554 valence electrons. The van der Waals surface area contributed by atoms with E-state index in [-0.39, 0.29) is 70.3 Å². The Morgan fingerprint density at radius 3 is 1.77 bits per heavy atom. The molecule has 16 atom stereocenters. The zero-order valence-corrected chi connectivity index (χ0v) is 57.4. The summed E-state index contributed by atoms with van der Waals surface area (Å²) >= 11 is 0. The smallest absolute Gasteiger partial charge is 0.250 e. The number of nitrogens with one attached hydrogen (secondary N) is 4. The van der Waals surface area contributed by atoms with Crippen LogP contribution in [0.3, 0.4) is 0 Å². The van der Waals surface area contributed by atoms with Crippen molar-refractivity contribution >= 4 is 47.1 Å². The normalized spacial score (nSPS) is 25.2. The van der Waals surface area contributed by atoms with Gasteiger partial charge < -0.3 is 116 Å². The number of carbonyl (C=O) groups is 7. The number of nitrogens with zero attached hydrogens (tertiary/aromatic N) is 3. The van der Waals surface area contributed by atoms with Gasteiger partial charge in [-0.2, -0.15) is 0 Å². The number of phenols is 1. The number of phenolic OH excluding ortho intramolecular Hbond substituents is 1. The molecule has 3 heterocycles. The van der Waals surface area contributed by atoms with Crippen LogP contribution in [-0.2, 0) is 71.5 Å². The van der Waals surface area contributed by atoms with Gasteiger partial charge in [-0.3, -0.25) is 38.6 Å². The van der Waals surface area contributed by atoms with E-state index in [0.29, 0.717) is 77.5 Å². The minimum Gasteiger partial charge on any atom is -0.508 e. The fourth-order valence-corrected chi connectivity index (χ4v) is 11.7. The quantitative estimate of drug-likeness (QED) is 0.0341. The molecule has 2 saturated heterocycles. The summed E-state index contributed by atoms with van der Waals surface area (Å²) in [5.41, 5.74) is 5.11. The van der Waals surface area contributed by atoms with Gasteiger partial charge in [-0.1, -0.05) is 77.8 Å². The highest BCUT2D eigenvalue weighted by Gasteiger charge is 2.48. The molecule has 2 fully saturated rings. The van der Waals surface area contributed by atoms with E-state index in [1.54, 1.807) is 7.11 Å². The molecular formula is C66H112N8O23. The van der Waals surface area contributed by atoms with Crippen molar-refractivity contribution in [3.8, 4) is 5.75 Å². The SMILES string of the molecule is CCC(C)CC(C)CCCCCCCCC(=O)NC1CC(O)C(OCCOCCOCCOCCOCCOCCOCCOC)NC(=O)C2C(O)CCN2C(=O)C(C(O)CC(N)=O)N=C(C)C(C(O)C(O)c2ccc(O)cc2)NC(=O)C2CC(O)CN2C(=O)C(C(C)O)NC1=O. The maximum Gasteiger partial charge on any atom is 0.250 e. The summed E-state index contributed by atoms with van der Waals surface area (Å²) in [5.74, 6) is -6.30. The van der Waals surface area contributed by atoms with Gasteiger partial charge in [0.25, 0.3) is 5.91 Å². The summed E-state index contributed by atoms with van der Waals surface area (Å²) < 4.78 is 44.1. The van der Waals surface area contributed by atoms with Crippen LogP contribution in [0.4, 0.5) is 0 Å². The number of methoxy groups -OCH3 is 1. The number of hydrogen-bond acceptors (Lipinski definition) is 24. The van der Waals surface area contributed by atoms with E-state index in [0.717, 1.165) is 55.2 Å². The molecule has 97 heavy (non-hydrogen) atoms. The molecule has 0 aliphatic carbocycles. The number of fused-ring (bicyclic) bond motifs is 2. The van der Waals surface area contributed by atoms with Crippen molar-refractivity contribution in [1.82, 2.24) is 31.1 Å². The van der Waals surface area contributed by atoms with Gasteiger partial charge in [-0.05, 0) is 62.6 Å². The Kier molecular flexibility index (Phi) is 39.7. The predicted octanol–water partition coefficient (Wildman–Crippen LogP) is -1.23. The van der Waals surface area contributed by atoms with Gasteiger partial charge in [-0.15, -0.1) is 0 Å². The molecule has 0 aromatic heterocycles. The van der Waals surface area contributed by atoms with E-state index in [1.165, 1.54) is 37.6 Å². The lowest BCUT2D eigenvalue weighted by molar-refractivity contribution is -0.148. The number of rotatable bonds is 42. The van der Waals surface area contributed by atoms with Gasteiger partial charge in [-0.25, -0.2) is 0 Å². The van der Waals surface area contributed by atoms with E-state index in [4.69, 9.17) is 43.6 Å². The second-order valence-corrected chi connectivity index (χ2v) is 25.3. The fraction of sp³-hybridized carbons (Fsp3) is 0.788. The zero-order chi connectivity index (χ0) is 71.4. The summed E-state index contributed by atoms with van der Waals surface area (Å²) in [5, 5.41) is 101. The van der Waals surface area contributed by atoms with E-state index in [9.17, 15) is 74.4 Å². The zero-order valence-electron chi connectivity index (χ0n) is 57.4. The number of primary amides is 1. The van der Waals surface area contributed by atoms with Gasteiger partial charge >= 0.3 is 0 Å². The third-order valence-electron chi connectivity index (χ3n) is 17.3. The second-order valence-electron chi connectivity index (χ2n) is 25.3. The molecule has 0 saturated carbocycles. The molecule has 3 aliphatic rings. The Bertz CT molecular complexity index is 2520. The Hall–Kier alpha value is -5.62. The number of aromatic hydroxyl groups is 1. The van der Waals surface area contributed by atoms with Crippen LogP contribution in [0.1, 0.15) is 136 Å². The maximum atomic E-state index is 14.9. The average molecular weight is 1390 g/mol. The minimum absolute atomic E-state index is 0.00394. The molecule has 3 aliphatic heterocycles. The van der Waals surface area contributed by atoms with Crippen molar-refractivity contribution in [3.63, 3.8) is 0 Å². The van der Waals surface area contributed by atoms with E-state index < -0.39 is 158 Å². The number of aliphatic imine (C=N–C) groups is 1. The predicted molar refractivity (Wildman–Crippen MR) is 351 cm³/mol. The van der Waals surface area contributed by atoms with Gasteiger partial charge in [0.05, 0.1) is 129 Å². The van der Waals surface area contributed by atoms with Gasteiger partial charge in [0, 0.05) is 45.2 Å². The summed E-state index contributed by atoms with van der Waals surface area (Å²) in [6.07, 6.45) is -8.56.